The van der Waals surface area contributed by atoms with Gasteiger partial charge < -0.3 is 10.6 Å². The molecule has 1 aromatic heterocycles. The summed E-state index contributed by atoms with van der Waals surface area (Å²) in [6, 6.07) is 2.51. The van der Waals surface area contributed by atoms with Crippen LogP contribution in [-0.4, -0.2) is 22.6 Å². The van der Waals surface area contributed by atoms with Gasteiger partial charge in [0, 0.05) is 24.6 Å². The van der Waals surface area contributed by atoms with Crippen molar-refractivity contribution in [1.29, 1.82) is 0 Å². The van der Waals surface area contributed by atoms with Gasteiger partial charge in [0.1, 0.15) is 17.5 Å². The lowest BCUT2D eigenvalue weighted by molar-refractivity contribution is 0.642. The Labute approximate surface area is 122 Å². The van der Waals surface area contributed by atoms with Crippen molar-refractivity contribution in [1.82, 2.24) is 9.97 Å². The smallest absolute Gasteiger partial charge is 0.136 e. The monoisotopic (exact) mass is 276 g/mol. The average molecular weight is 276 g/mol. The van der Waals surface area contributed by atoms with Gasteiger partial charge in [0.25, 0.3) is 0 Å². The third-order valence-electron chi connectivity index (χ3n) is 3.63. The van der Waals surface area contributed by atoms with Crippen LogP contribution >= 0.6 is 0 Å². The van der Waals surface area contributed by atoms with E-state index in [1.54, 1.807) is 0 Å². The maximum Gasteiger partial charge on any atom is 0.136 e. The molecule has 0 amide bonds. The molecule has 0 bridgehead atoms. The molecule has 0 radical (unpaired) electrons. The van der Waals surface area contributed by atoms with Crippen LogP contribution in [0.3, 0.4) is 0 Å². The summed E-state index contributed by atoms with van der Waals surface area (Å²) < 4.78 is 0. The van der Waals surface area contributed by atoms with Crippen molar-refractivity contribution < 1.29 is 0 Å². The zero-order valence-electron chi connectivity index (χ0n) is 13.1. The van der Waals surface area contributed by atoms with Crippen LogP contribution in [0.2, 0.25) is 0 Å². The number of aromatic nitrogens is 2. The first-order valence-corrected chi connectivity index (χ1v) is 8.12. The topological polar surface area (TPSA) is 49.8 Å². The van der Waals surface area contributed by atoms with Crippen molar-refractivity contribution in [3.63, 3.8) is 0 Å². The summed E-state index contributed by atoms with van der Waals surface area (Å²) >= 11 is 0. The van der Waals surface area contributed by atoms with Crippen LogP contribution in [0.15, 0.2) is 6.07 Å². The quantitative estimate of drug-likeness (QED) is 0.711. The summed E-state index contributed by atoms with van der Waals surface area (Å²) in [5.74, 6) is 3.54. The van der Waals surface area contributed by atoms with E-state index in [-0.39, 0.29) is 0 Å². The number of rotatable bonds is 9. The molecule has 1 heterocycles. The summed E-state index contributed by atoms with van der Waals surface area (Å²) in [6.07, 6.45) is 7.28. The first-order valence-electron chi connectivity index (χ1n) is 8.12. The van der Waals surface area contributed by atoms with Gasteiger partial charge in [-0.15, -0.1) is 0 Å². The van der Waals surface area contributed by atoms with E-state index >= 15 is 0 Å². The zero-order chi connectivity index (χ0) is 14.4. The molecule has 1 saturated carbocycles. The molecule has 1 aliphatic carbocycles. The van der Waals surface area contributed by atoms with E-state index in [0.717, 1.165) is 30.4 Å². The molecular weight excluding hydrogens is 248 g/mol. The van der Waals surface area contributed by atoms with Gasteiger partial charge in [0.05, 0.1) is 0 Å². The van der Waals surface area contributed by atoms with E-state index in [0.29, 0.717) is 12.0 Å². The average Bonchev–Trinajstić information content (AvgIpc) is 3.27. The molecule has 4 nitrogen and oxygen atoms in total. The summed E-state index contributed by atoms with van der Waals surface area (Å²) in [4.78, 5) is 9.33. The highest BCUT2D eigenvalue weighted by molar-refractivity contribution is 5.48. The normalized spacial score (nSPS) is 15.9. The molecule has 0 saturated heterocycles. The molecular formula is C16H28N4. The Kier molecular flexibility index (Phi) is 5.62. The van der Waals surface area contributed by atoms with Gasteiger partial charge in [0.2, 0.25) is 0 Å². The Morgan fingerprint density at radius 2 is 1.95 bits per heavy atom. The molecule has 1 atom stereocenters. The van der Waals surface area contributed by atoms with Crippen molar-refractivity contribution >= 4 is 11.6 Å². The standard InChI is InChI=1S/C16H28N4/c1-4-6-7-12(3)18-15-11-14(17-10-5-2)19-16(20-15)13-8-9-13/h11-13H,4-10H2,1-3H3,(H2,17,18,19,20). The lowest BCUT2D eigenvalue weighted by atomic mass is 10.1. The van der Waals surface area contributed by atoms with Crippen molar-refractivity contribution in [3.05, 3.63) is 11.9 Å². The number of hydrogen-bond acceptors (Lipinski definition) is 4. The highest BCUT2D eigenvalue weighted by Crippen LogP contribution is 2.38. The molecule has 1 fully saturated rings. The van der Waals surface area contributed by atoms with Crippen LogP contribution in [0.5, 0.6) is 0 Å². The van der Waals surface area contributed by atoms with Crippen molar-refractivity contribution in [3.8, 4) is 0 Å². The van der Waals surface area contributed by atoms with Crippen LogP contribution in [0, 0.1) is 0 Å². The maximum atomic E-state index is 4.69. The Bertz CT molecular complexity index is 415. The highest BCUT2D eigenvalue weighted by Gasteiger charge is 2.27. The fourth-order valence-corrected chi connectivity index (χ4v) is 2.24. The molecule has 2 rings (SSSR count). The second-order valence-electron chi connectivity index (χ2n) is 5.89. The first kappa shape index (κ1) is 15.1. The minimum atomic E-state index is 0.468. The van der Waals surface area contributed by atoms with E-state index in [4.69, 9.17) is 0 Å². The van der Waals surface area contributed by atoms with E-state index in [2.05, 4.69) is 41.4 Å². The summed E-state index contributed by atoms with van der Waals surface area (Å²) in [5.41, 5.74) is 0. The molecule has 20 heavy (non-hydrogen) atoms. The third kappa shape index (κ3) is 4.66. The number of hydrogen-bond donors (Lipinski definition) is 2. The van der Waals surface area contributed by atoms with E-state index in [9.17, 15) is 0 Å². The van der Waals surface area contributed by atoms with Crippen molar-refractivity contribution in [2.75, 3.05) is 17.2 Å². The van der Waals surface area contributed by atoms with Crippen LogP contribution in [-0.2, 0) is 0 Å². The minimum absolute atomic E-state index is 0.468. The van der Waals surface area contributed by atoms with Crippen LogP contribution in [0.25, 0.3) is 0 Å². The number of nitrogens with one attached hydrogen (secondary N) is 2. The van der Waals surface area contributed by atoms with Crippen LogP contribution < -0.4 is 10.6 Å². The number of unbranched alkanes of at least 4 members (excludes halogenated alkanes) is 1. The molecule has 1 aliphatic rings. The molecule has 0 spiro atoms. The minimum Gasteiger partial charge on any atom is -0.370 e. The summed E-state index contributed by atoms with van der Waals surface area (Å²) in [6.45, 7) is 7.59. The van der Waals surface area contributed by atoms with E-state index < -0.39 is 0 Å². The molecule has 1 unspecified atom stereocenters. The Morgan fingerprint density at radius 1 is 1.20 bits per heavy atom. The Morgan fingerprint density at radius 3 is 2.60 bits per heavy atom. The largest absolute Gasteiger partial charge is 0.370 e. The van der Waals surface area contributed by atoms with Gasteiger partial charge >= 0.3 is 0 Å². The molecule has 4 heteroatoms. The van der Waals surface area contributed by atoms with Gasteiger partial charge in [0.15, 0.2) is 0 Å². The predicted molar refractivity (Wildman–Crippen MR) is 85.4 cm³/mol. The second-order valence-corrected chi connectivity index (χ2v) is 5.89. The molecule has 0 aliphatic heterocycles. The molecule has 112 valence electrons. The van der Waals surface area contributed by atoms with Gasteiger partial charge in [-0.3, -0.25) is 0 Å². The number of anilines is 2. The lowest BCUT2D eigenvalue weighted by Crippen LogP contribution is -2.17. The third-order valence-corrected chi connectivity index (χ3v) is 3.63. The van der Waals surface area contributed by atoms with Gasteiger partial charge in [-0.2, -0.15) is 0 Å². The highest BCUT2D eigenvalue weighted by atomic mass is 15.1. The fourth-order valence-electron chi connectivity index (χ4n) is 2.24. The summed E-state index contributed by atoms with van der Waals surface area (Å²) in [7, 11) is 0. The van der Waals surface area contributed by atoms with E-state index in [1.165, 1.54) is 32.1 Å². The zero-order valence-corrected chi connectivity index (χ0v) is 13.1. The molecule has 0 aromatic carbocycles. The van der Waals surface area contributed by atoms with Gasteiger partial charge in [-0.1, -0.05) is 26.7 Å². The van der Waals surface area contributed by atoms with Crippen molar-refractivity contribution in [2.45, 2.75) is 71.3 Å². The van der Waals surface area contributed by atoms with Crippen LogP contribution in [0.1, 0.15) is 71.0 Å². The van der Waals surface area contributed by atoms with Gasteiger partial charge in [-0.05, 0) is 32.6 Å². The SMILES string of the molecule is CCCCC(C)Nc1cc(NCCC)nc(C2CC2)n1. The van der Waals surface area contributed by atoms with Crippen LogP contribution in [0.4, 0.5) is 11.6 Å². The Hall–Kier alpha value is -1.32. The van der Waals surface area contributed by atoms with Crippen molar-refractivity contribution in [2.24, 2.45) is 0 Å². The maximum absolute atomic E-state index is 4.69. The first-order chi connectivity index (χ1) is 9.72. The predicted octanol–water partition coefficient (Wildman–Crippen LogP) is 4.17. The Balaban J connectivity index is 2.03. The second kappa shape index (κ2) is 7.46. The lowest BCUT2D eigenvalue weighted by Gasteiger charge is -2.16. The summed E-state index contributed by atoms with van der Waals surface area (Å²) in [5, 5.41) is 6.91. The van der Waals surface area contributed by atoms with Gasteiger partial charge in [-0.25, -0.2) is 9.97 Å². The van der Waals surface area contributed by atoms with E-state index in [1.807, 2.05) is 6.07 Å². The fraction of sp³-hybridized carbons (Fsp3) is 0.750. The molecule has 2 N–H and O–H groups in total. The number of nitrogens with zero attached hydrogens (tertiary/aromatic N) is 2. The molecule has 1 aromatic rings.